The van der Waals surface area contributed by atoms with Gasteiger partial charge in [0, 0.05) is 18.7 Å². The molecule has 2 amide bonds. The molecule has 2 N–H and O–H groups in total. The van der Waals surface area contributed by atoms with Gasteiger partial charge in [-0.1, -0.05) is 6.07 Å². The molecule has 0 radical (unpaired) electrons. The van der Waals surface area contributed by atoms with E-state index < -0.39 is 5.82 Å². The number of carbonyl (C=O) groups excluding carboxylic acids is 2. The Kier molecular flexibility index (Phi) is 5.16. The predicted molar refractivity (Wildman–Crippen MR) is 84.0 cm³/mol. The van der Waals surface area contributed by atoms with Gasteiger partial charge in [0.2, 0.25) is 0 Å². The summed E-state index contributed by atoms with van der Waals surface area (Å²) in [5.41, 5.74) is 1.22. The predicted octanol–water partition coefficient (Wildman–Crippen LogP) is 2.50. The van der Waals surface area contributed by atoms with Gasteiger partial charge in [-0.15, -0.1) is 0 Å². The number of halogens is 1. The highest BCUT2D eigenvalue weighted by molar-refractivity contribution is 5.95. The fourth-order valence-electron chi connectivity index (χ4n) is 2.14. The third-order valence-electron chi connectivity index (χ3n) is 3.42. The first kappa shape index (κ1) is 16.7. The minimum absolute atomic E-state index is 0.246. The molecule has 5 nitrogen and oxygen atoms in total. The molecule has 23 heavy (non-hydrogen) atoms. The van der Waals surface area contributed by atoms with Crippen molar-refractivity contribution in [2.45, 2.75) is 20.8 Å². The minimum atomic E-state index is -0.420. The second-order valence-corrected chi connectivity index (χ2v) is 5.30. The summed E-state index contributed by atoms with van der Waals surface area (Å²) in [7, 11) is 0. The Bertz CT molecular complexity index is 737. The van der Waals surface area contributed by atoms with E-state index in [4.69, 9.17) is 4.42 Å². The number of hydrogen-bond acceptors (Lipinski definition) is 3. The van der Waals surface area contributed by atoms with Crippen molar-refractivity contribution in [2.75, 3.05) is 13.1 Å². The molecule has 0 spiro atoms. The van der Waals surface area contributed by atoms with Crippen molar-refractivity contribution in [3.63, 3.8) is 0 Å². The Labute approximate surface area is 133 Å². The molecule has 1 aromatic heterocycles. The summed E-state index contributed by atoms with van der Waals surface area (Å²) in [5, 5.41) is 5.32. The maximum atomic E-state index is 13.4. The second-order valence-electron chi connectivity index (χ2n) is 5.30. The molecule has 0 aliphatic rings. The van der Waals surface area contributed by atoms with Gasteiger partial charge in [-0.3, -0.25) is 9.59 Å². The maximum Gasteiger partial charge on any atom is 0.254 e. The highest BCUT2D eigenvalue weighted by Crippen LogP contribution is 2.13. The Balaban J connectivity index is 1.81. The van der Waals surface area contributed by atoms with Crippen molar-refractivity contribution in [1.82, 2.24) is 10.6 Å². The highest BCUT2D eigenvalue weighted by Gasteiger charge is 2.13. The van der Waals surface area contributed by atoms with Gasteiger partial charge in [0.05, 0.1) is 5.56 Å². The average Bonchev–Trinajstić information content (AvgIpc) is 2.84. The van der Waals surface area contributed by atoms with Gasteiger partial charge < -0.3 is 15.1 Å². The largest absolute Gasteiger partial charge is 0.466 e. The Hall–Kier alpha value is -2.63. The second kappa shape index (κ2) is 7.09. The van der Waals surface area contributed by atoms with Gasteiger partial charge in [-0.25, -0.2) is 4.39 Å². The summed E-state index contributed by atoms with van der Waals surface area (Å²) in [6.07, 6.45) is 0. The Morgan fingerprint density at radius 1 is 1.04 bits per heavy atom. The van der Waals surface area contributed by atoms with Crippen LogP contribution < -0.4 is 10.6 Å². The monoisotopic (exact) mass is 318 g/mol. The molecule has 0 atom stereocenters. The van der Waals surface area contributed by atoms with Crippen molar-refractivity contribution in [3.05, 3.63) is 58.3 Å². The minimum Gasteiger partial charge on any atom is -0.466 e. The van der Waals surface area contributed by atoms with Gasteiger partial charge in [0.1, 0.15) is 17.3 Å². The lowest BCUT2D eigenvalue weighted by atomic mass is 10.1. The van der Waals surface area contributed by atoms with E-state index in [9.17, 15) is 14.0 Å². The third-order valence-corrected chi connectivity index (χ3v) is 3.42. The van der Waals surface area contributed by atoms with Crippen LogP contribution in [-0.2, 0) is 0 Å². The van der Waals surface area contributed by atoms with E-state index in [1.54, 1.807) is 39.0 Å². The number of furan rings is 1. The molecule has 0 saturated heterocycles. The van der Waals surface area contributed by atoms with Crippen LogP contribution in [0.5, 0.6) is 0 Å². The molecule has 0 aliphatic carbocycles. The molecule has 1 aromatic carbocycles. The van der Waals surface area contributed by atoms with Gasteiger partial charge >= 0.3 is 0 Å². The molecule has 2 aromatic rings. The number of aryl methyl sites for hydroxylation is 3. The zero-order valence-corrected chi connectivity index (χ0v) is 13.3. The molecular weight excluding hydrogens is 299 g/mol. The normalized spacial score (nSPS) is 10.4. The van der Waals surface area contributed by atoms with E-state index in [1.165, 1.54) is 6.07 Å². The zero-order valence-electron chi connectivity index (χ0n) is 13.3. The molecule has 0 aliphatic heterocycles. The van der Waals surface area contributed by atoms with Gasteiger partial charge in [0.25, 0.3) is 11.8 Å². The highest BCUT2D eigenvalue weighted by atomic mass is 19.1. The van der Waals surface area contributed by atoms with E-state index in [-0.39, 0.29) is 30.5 Å². The van der Waals surface area contributed by atoms with Crippen molar-refractivity contribution >= 4 is 11.8 Å². The van der Waals surface area contributed by atoms with Crippen LogP contribution in [0.25, 0.3) is 0 Å². The Morgan fingerprint density at radius 2 is 1.70 bits per heavy atom. The third kappa shape index (κ3) is 4.18. The van der Waals surface area contributed by atoms with Gasteiger partial charge in [0.15, 0.2) is 0 Å². The van der Waals surface area contributed by atoms with Crippen LogP contribution in [0.3, 0.4) is 0 Å². The molecule has 2 rings (SSSR count). The van der Waals surface area contributed by atoms with Crippen LogP contribution in [0.2, 0.25) is 0 Å². The SMILES string of the molecule is Cc1cc(C(=O)NCCNC(=O)c2ccc(C)c(F)c2)c(C)o1. The molecule has 0 bridgehead atoms. The topological polar surface area (TPSA) is 71.3 Å². The molecule has 0 saturated carbocycles. The number of rotatable bonds is 5. The fraction of sp³-hybridized carbons (Fsp3) is 0.294. The summed E-state index contributed by atoms with van der Waals surface area (Å²) < 4.78 is 18.7. The lowest BCUT2D eigenvalue weighted by Crippen LogP contribution is -2.34. The molecule has 1 heterocycles. The first-order valence-electron chi connectivity index (χ1n) is 7.28. The van der Waals surface area contributed by atoms with Crippen LogP contribution in [-0.4, -0.2) is 24.9 Å². The number of benzene rings is 1. The summed E-state index contributed by atoms with van der Waals surface area (Å²) in [6, 6.07) is 5.97. The quantitative estimate of drug-likeness (QED) is 0.832. The maximum absolute atomic E-state index is 13.4. The van der Waals surface area contributed by atoms with Gasteiger partial charge in [-0.2, -0.15) is 0 Å². The molecule has 122 valence electrons. The Morgan fingerprint density at radius 3 is 2.26 bits per heavy atom. The molecule has 0 fully saturated rings. The van der Waals surface area contributed by atoms with Crippen molar-refractivity contribution in [1.29, 1.82) is 0 Å². The van der Waals surface area contributed by atoms with E-state index in [0.29, 0.717) is 22.6 Å². The van der Waals surface area contributed by atoms with E-state index in [0.717, 1.165) is 0 Å². The van der Waals surface area contributed by atoms with Crippen molar-refractivity contribution in [2.24, 2.45) is 0 Å². The smallest absolute Gasteiger partial charge is 0.254 e. The average molecular weight is 318 g/mol. The van der Waals surface area contributed by atoms with E-state index in [1.807, 2.05) is 0 Å². The fourth-order valence-corrected chi connectivity index (χ4v) is 2.14. The summed E-state index contributed by atoms with van der Waals surface area (Å²) in [4.78, 5) is 23.8. The summed E-state index contributed by atoms with van der Waals surface area (Å²) >= 11 is 0. The summed E-state index contributed by atoms with van der Waals surface area (Å²) in [5.74, 6) is 0.168. The lowest BCUT2D eigenvalue weighted by Gasteiger charge is -2.07. The number of hydrogen-bond donors (Lipinski definition) is 2. The van der Waals surface area contributed by atoms with Crippen LogP contribution in [0.4, 0.5) is 4.39 Å². The molecule has 6 heteroatoms. The van der Waals surface area contributed by atoms with Crippen LogP contribution >= 0.6 is 0 Å². The van der Waals surface area contributed by atoms with Crippen LogP contribution in [0.15, 0.2) is 28.7 Å². The molecular formula is C17H19FN2O3. The first-order valence-corrected chi connectivity index (χ1v) is 7.28. The van der Waals surface area contributed by atoms with Crippen LogP contribution in [0.1, 0.15) is 37.8 Å². The standard InChI is InChI=1S/C17H19FN2O3/c1-10-4-5-13(9-15(10)18)16(21)19-6-7-20-17(22)14-8-11(2)23-12(14)3/h4-5,8-9H,6-7H2,1-3H3,(H,19,21)(H,20,22). The number of nitrogens with one attached hydrogen (secondary N) is 2. The number of carbonyl (C=O) groups is 2. The zero-order chi connectivity index (χ0) is 17.0. The van der Waals surface area contributed by atoms with Crippen molar-refractivity contribution in [3.8, 4) is 0 Å². The molecule has 0 unspecified atom stereocenters. The number of amides is 2. The first-order chi connectivity index (χ1) is 10.9. The van der Waals surface area contributed by atoms with Gasteiger partial charge in [-0.05, 0) is 44.5 Å². The van der Waals surface area contributed by atoms with Crippen molar-refractivity contribution < 1.29 is 18.4 Å². The summed E-state index contributed by atoms with van der Waals surface area (Å²) in [6.45, 7) is 5.63. The van der Waals surface area contributed by atoms with Crippen LogP contribution in [0, 0.1) is 26.6 Å². The van der Waals surface area contributed by atoms with E-state index in [2.05, 4.69) is 10.6 Å². The lowest BCUT2D eigenvalue weighted by molar-refractivity contribution is 0.0926. The van der Waals surface area contributed by atoms with E-state index >= 15 is 0 Å².